The molecule has 4 rings (SSSR count). The van der Waals surface area contributed by atoms with Gasteiger partial charge in [0.05, 0.1) is 11.4 Å². The van der Waals surface area contributed by atoms with Crippen LogP contribution in [-0.4, -0.2) is 20.3 Å². The van der Waals surface area contributed by atoms with E-state index in [1.807, 2.05) is 89.2 Å². The quantitative estimate of drug-likeness (QED) is 0.550. The molecule has 2 aromatic heterocycles. The van der Waals surface area contributed by atoms with Crippen molar-refractivity contribution in [3.63, 3.8) is 0 Å². The Morgan fingerprint density at radius 3 is 2.10 bits per heavy atom. The first kappa shape index (κ1) is 18.7. The number of rotatable bonds is 5. The van der Waals surface area contributed by atoms with Crippen molar-refractivity contribution in [1.82, 2.24) is 19.7 Å². The fourth-order valence-corrected chi connectivity index (χ4v) is 3.34. The molecule has 0 aliphatic carbocycles. The lowest BCUT2D eigenvalue weighted by molar-refractivity contribution is 0.0950. The number of aromatic nitrogens is 3. The van der Waals surface area contributed by atoms with Gasteiger partial charge >= 0.3 is 0 Å². The van der Waals surface area contributed by atoms with E-state index in [0.717, 1.165) is 17.1 Å². The average Bonchev–Trinajstić information content (AvgIpc) is 3.35. The summed E-state index contributed by atoms with van der Waals surface area (Å²) in [6, 6.07) is 20.2. The number of carbonyl (C=O) groups is 1. The predicted molar refractivity (Wildman–Crippen MR) is 115 cm³/mol. The third kappa shape index (κ3) is 3.85. The van der Waals surface area contributed by atoms with Crippen molar-refractivity contribution in [2.75, 3.05) is 0 Å². The molecular weight excluding hydrogens is 360 g/mol. The maximum Gasteiger partial charge on any atom is 0.257 e. The van der Waals surface area contributed by atoms with E-state index in [0.29, 0.717) is 17.8 Å². The Morgan fingerprint density at radius 2 is 1.48 bits per heavy atom. The van der Waals surface area contributed by atoms with E-state index in [1.165, 1.54) is 11.1 Å². The maximum atomic E-state index is 13.1. The normalized spacial score (nSPS) is 10.9. The van der Waals surface area contributed by atoms with Gasteiger partial charge in [0.25, 0.3) is 5.91 Å². The van der Waals surface area contributed by atoms with Gasteiger partial charge in [0, 0.05) is 18.9 Å². The van der Waals surface area contributed by atoms with Crippen LogP contribution in [0.2, 0.25) is 0 Å². The molecule has 0 unspecified atom stereocenters. The van der Waals surface area contributed by atoms with Crippen molar-refractivity contribution in [1.29, 1.82) is 0 Å². The van der Waals surface area contributed by atoms with Crippen molar-refractivity contribution in [3.05, 3.63) is 101 Å². The highest BCUT2D eigenvalue weighted by Crippen LogP contribution is 2.23. The molecule has 0 saturated heterocycles. The molecule has 0 aliphatic rings. The van der Waals surface area contributed by atoms with Crippen molar-refractivity contribution in [2.45, 2.75) is 27.3 Å². The van der Waals surface area contributed by atoms with Crippen LogP contribution in [0.25, 0.3) is 11.5 Å². The molecule has 0 saturated carbocycles. The minimum absolute atomic E-state index is 0.134. The molecule has 0 spiro atoms. The SMILES string of the molecule is Cc1ccc(CNC(=O)c2c(C)nn(-c3ccc(C)cc3)c2-n2cccc2)cc1. The van der Waals surface area contributed by atoms with Gasteiger partial charge in [-0.25, -0.2) is 4.68 Å². The highest BCUT2D eigenvalue weighted by molar-refractivity contribution is 5.98. The van der Waals surface area contributed by atoms with Crippen LogP contribution in [0.4, 0.5) is 0 Å². The van der Waals surface area contributed by atoms with Crippen LogP contribution in [0.15, 0.2) is 73.1 Å². The molecule has 2 aromatic carbocycles. The zero-order valence-corrected chi connectivity index (χ0v) is 16.9. The number of aryl methyl sites for hydroxylation is 3. The summed E-state index contributed by atoms with van der Waals surface area (Å²) in [5, 5.41) is 7.74. The smallest absolute Gasteiger partial charge is 0.257 e. The molecule has 1 amide bonds. The highest BCUT2D eigenvalue weighted by atomic mass is 16.1. The zero-order valence-electron chi connectivity index (χ0n) is 16.9. The zero-order chi connectivity index (χ0) is 20.4. The Morgan fingerprint density at radius 1 is 0.897 bits per heavy atom. The average molecular weight is 384 g/mol. The minimum Gasteiger partial charge on any atom is -0.348 e. The predicted octanol–water partition coefficient (Wildman–Crippen LogP) is 4.52. The summed E-state index contributed by atoms with van der Waals surface area (Å²) in [5.41, 5.74) is 5.63. The molecule has 5 nitrogen and oxygen atoms in total. The van der Waals surface area contributed by atoms with Crippen molar-refractivity contribution in [3.8, 4) is 11.5 Å². The minimum atomic E-state index is -0.134. The highest BCUT2D eigenvalue weighted by Gasteiger charge is 2.23. The van der Waals surface area contributed by atoms with Crippen LogP contribution in [0.3, 0.4) is 0 Å². The van der Waals surface area contributed by atoms with E-state index in [9.17, 15) is 4.79 Å². The summed E-state index contributed by atoms with van der Waals surface area (Å²) in [6.07, 6.45) is 3.86. The van der Waals surface area contributed by atoms with Crippen molar-refractivity contribution < 1.29 is 4.79 Å². The van der Waals surface area contributed by atoms with E-state index in [1.54, 1.807) is 0 Å². The van der Waals surface area contributed by atoms with Gasteiger partial charge in [-0.3, -0.25) is 4.79 Å². The fourth-order valence-electron chi connectivity index (χ4n) is 3.34. The van der Waals surface area contributed by atoms with Gasteiger partial charge in [-0.15, -0.1) is 0 Å². The molecule has 0 atom stereocenters. The van der Waals surface area contributed by atoms with Gasteiger partial charge in [-0.1, -0.05) is 47.5 Å². The molecule has 1 N–H and O–H groups in total. The Kier molecular flexibility index (Phi) is 5.04. The number of amides is 1. The van der Waals surface area contributed by atoms with Gasteiger partial charge in [-0.05, 0) is 50.6 Å². The second kappa shape index (κ2) is 7.80. The van der Waals surface area contributed by atoms with Crippen LogP contribution in [0, 0.1) is 20.8 Å². The summed E-state index contributed by atoms with van der Waals surface area (Å²) in [4.78, 5) is 13.1. The third-order valence-corrected chi connectivity index (χ3v) is 4.96. The summed E-state index contributed by atoms with van der Waals surface area (Å²) in [7, 11) is 0. The molecule has 0 aliphatic heterocycles. The van der Waals surface area contributed by atoms with Gasteiger partial charge in [-0.2, -0.15) is 5.10 Å². The van der Waals surface area contributed by atoms with E-state index in [2.05, 4.69) is 24.3 Å². The maximum absolute atomic E-state index is 13.1. The Balaban J connectivity index is 1.71. The van der Waals surface area contributed by atoms with E-state index >= 15 is 0 Å². The Bertz CT molecular complexity index is 1120. The van der Waals surface area contributed by atoms with Gasteiger partial charge in [0.2, 0.25) is 0 Å². The second-order valence-electron chi connectivity index (χ2n) is 7.29. The van der Waals surface area contributed by atoms with Crippen molar-refractivity contribution in [2.24, 2.45) is 0 Å². The molecule has 0 bridgehead atoms. The number of nitrogens with one attached hydrogen (secondary N) is 1. The van der Waals surface area contributed by atoms with E-state index in [4.69, 9.17) is 0 Å². The number of benzene rings is 2. The van der Waals surface area contributed by atoms with Crippen LogP contribution < -0.4 is 5.32 Å². The first-order valence-electron chi connectivity index (χ1n) is 9.66. The lowest BCUT2D eigenvalue weighted by Gasteiger charge is -2.12. The van der Waals surface area contributed by atoms with E-state index in [-0.39, 0.29) is 5.91 Å². The number of carbonyl (C=O) groups excluding carboxylic acids is 1. The number of hydrogen-bond donors (Lipinski definition) is 1. The van der Waals surface area contributed by atoms with Crippen LogP contribution in [0.5, 0.6) is 0 Å². The molecule has 0 radical (unpaired) electrons. The standard InChI is InChI=1S/C24H24N4O/c1-17-6-10-20(11-7-17)16-25-23(29)22-19(3)26-28(21-12-8-18(2)9-13-21)24(22)27-14-4-5-15-27/h4-15H,16H2,1-3H3,(H,25,29). The van der Waals surface area contributed by atoms with Crippen LogP contribution in [-0.2, 0) is 6.54 Å². The summed E-state index contributed by atoms with van der Waals surface area (Å²) < 4.78 is 3.76. The van der Waals surface area contributed by atoms with Crippen LogP contribution >= 0.6 is 0 Å². The largest absolute Gasteiger partial charge is 0.348 e. The molecule has 0 fully saturated rings. The molecular formula is C24H24N4O. The van der Waals surface area contributed by atoms with E-state index < -0.39 is 0 Å². The molecule has 2 heterocycles. The molecule has 29 heavy (non-hydrogen) atoms. The monoisotopic (exact) mass is 384 g/mol. The Hall–Kier alpha value is -3.60. The number of hydrogen-bond acceptors (Lipinski definition) is 2. The second-order valence-corrected chi connectivity index (χ2v) is 7.29. The first-order valence-corrected chi connectivity index (χ1v) is 9.66. The number of nitrogens with zero attached hydrogens (tertiary/aromatic N) is 3. The van der Waals surface area contributed by atoms with Crippen LogP contribution in [0.1, 0.15) is 32.7 Å². The lowest BCUT2D eigenvalue weighted by atomic mass is 10.1. The molecule has 4 aromatic rings. The summed E-state index contributed by atoms with van der Waals surface area (Å²) >= 11 is 0. The molecule has 5 heteroatoms. The van der Waals surface area contributed by atoms with Gasteiger partial charge in [0.1, 0.15) is 5.56 Å². The van der Waals surface area contributed by atoms with Crippen molar-refractivity contribution >= 4 is 5.91 Å². The lowest BCUT2D eigenvalue weighted by Crippen LogP contribution is -2.24. The van der Waals surface area contributed by atoms with Gasteiger partial charge < -0.3 is 9.88 Å². The Labute approximate surface area is 170 Å². The topological polar surface area (TPSA) is 51.9 Å². The summed E-state index contributed by atoms with van der Waals surface area (Å²) in [5.74, 6) is 0.600. The third-order valence-electron chi connectivity index (χ3n) is 4.96. The first-order chi connectivity index (χ1) is 14.0. The fraction of sp³-hybridized carbons (Fsp3) is 0.167. The molecule has 146 valence electrons. The van der Waals surface area contributed by atoms with Gasteiger partial charge in [0.15, 0.2) is 5.82 Å². The summed E-state index contributed by atoms with van der Waals surface area (Å²) in [6.45, 7) is 6.45.